The van der Waals surface area contributed by atoms with Gasteiger partial charge in [0, 0.05) is 31.1 Å². The monoisotopic (exact) mass is 427 g/mol. The molecule has 0 heterocycles. The van der Waals surface area contributed by atoms with Gasteiger partial charge in [0.2, 0.25) is 0 Å². The summed E-state index contributed by atoms with van der Waals surface area (Å²) in [5.74, 6) is -0.126. The number of nitrogens with zero attached hydrogens (tertiary/aromatic N) is 1. The number of nitrogens with one attached hydrogen (secondary N) is 2. The summed E-state index contributed by atoms with van der Waals surface area (Å²) < 4.78 is 4.88. The average molecular weight is 428 g/mol. The number of aliphatic carboxylic acids is 1. The number of hydrogen-bond acceptors (Lipinski definition) is 5. The molecule has 1 atom stereocenters. The summed E-state index contributed by atoms with van der Waals surface area (Å²) in [5.41, 5.74) is 2.03. The van der Waals surface area contributed by atoms with Gasteiger partial charge < -0.3 is 25.4 Å². The van der Waals surface area contributed by atoms with E-state index in [0.29, 0.717) is 12.3 Å². The molecule has 0 aliphatic rings. The van der Waals surface area contributed by atoms with Gasteiger partial charge in [-0.05, 0) is 50.2 Å². The minimum absolute atomic E-state index is 0.241. The fraction of sp³-hybridized carbons (Fsp3) is 0.591. The highest BCUT2D eigenvalue weighted by Gasteiger charge is 2.18. The molecule has 1 rings (SSSR count). The zero-order valence-electron chi connectivity index (χ0n) is 18.3. The second kappa shape index (κ2) is 17.0. The Morgan fingerprint density at radius 1 is 1.21 bits per heavy atom. The van der Waals surface area contributed by atoms with E-state index in [1.54, 1.807) is 0 Å². The standard InChI is InChI=1S/C17H25ClN2O3.C5H13N/c1-4-10-20(11-9-18)15-7-5-14(6-8-15)12-16(17(21)22)19-13(2)23-3;1-3-5-6-4-2/h5-8,16,19H,2,4,9-12H2,1,3H3,(H,21,22);6H,3-5H2,1-2H3. The van der Waals surface area contributed by atoms with Crippen molar-refractivity contribution in [1.29, 1.82) is 0 Å². The molecule has 1 unspecified atom stereocenters. The Morgan fingerprint density at radius 2 is 1.86 bits per heavy atom. The highest BCUT2D eigenvalue weighted by atomic mass is 35.5. The molecule has 166 valence electrons. The summed E-state index contributed by atoms with van der Waals surface area (Å²) in [6.45, 7) is 14.0. The molecule has 0 aliphatic heterocycles. The first kappa shape index (κ1) is 27.1. The smallest absolute Gasteiger partial charge is 0.326 e. The van der Waals surface area contributed by atoms with Crippen molar-refractivity contribution in [3.8, 4) is 0 Å². The Labute approximate surface area is 181 Å². The first-order valence-electron chi connectivity index (χ1n) is 10.3. The third kappa shape index (κ3) is 12.3. The lowest BCUT2D eigenvalue weighted by Crippen LogP contribution is -2.38. The second-order valence-electron chi connectivity index (χ2n) is 6.56. The number of carbonyl (C=O) groups is 1. The van der Waals surface area contributed by atoms with E-state index >= 15 is 0 Å². The second-order valence-corrected chi connectivity index (χ2v) is 6.94. The predicted molar refractivity (Wildman–Crippen MR) is 123 cm³/mol. The van der Waals surface area contributed by atoms with Crippen LogP contribution in [0.25, 0.3) is 0 Å². The van der Waals surface area contributed by atoms with E-state index in [1.807, 2.05) is 24.3 Å². The number of alkyl halides is 1. The van der Waals surface area contributed by atoms with Crippen LogP contribution in [0.4, 0.5) is 5.69 Å². The van der Waals surface area contributed by atoms with Crippen LogP contribution in [0, 0.1) is 0 Å². The quantitative estimate of drug-likeness (QED) is 0.238. The van der Waals surface area contributed by atoms with Crippen molar-refractivity contribution in [2.24, 2.45) is 0 Å². The van der Waals surface area contributed by atoms with Crippen LogP contribution >= 0.6 is 11.6 Å². The zero-order valence-corrected chi connectivity index (χ0v) is 19.1. The maximum atomic E-state index is 11.3. The summed E-state index contributed by atoms with van der Waals surface area (Å²) in [7, 11) is 1.45. The lowest BCUT2D eigenvalue weighted by molar-refractivity contribution is -0.139. The van der Waals surface area contributed by atoms with Gasteiger partial charge in [0.25, 0.3) is 0 Å². The van der Waals surface area contributed by atoms with Crippen molar-refractivity contribution in [1.82, 2.24) is 10.6 Å². The van der Waals surface area contributed by atoms with Crippen LogP contribution in [0.3, 0.4) is 0 Å². The number of carboxylic acid groups (broad SMARTS) is 1. The molecular formula is C22H38ClN3O3. The molecule has 1 aromatic carbocycles. The summed E-state index contributed by atoms with van der Waals surface area (Å²) in [6, 6.07) is 7.12. The number of benzene rings is 1. The molecule has 29 heavy (non-hydrogen) atoms. The molecule has 7 heteroatoms. The minimum atomic E-state index is -0.943. The summed E-state index contributed by atoms with van der Waals surface area (Å²) in [6.07, 6.45) is 2.64. The molecule has 0 spiro atoms. The van der Waals surface area contributed by atoms with Crippen molar-refractivity contribution >= 4 is 23.3 Å². The third-order valence-corrected chi connectivity index (χ3v) is 4.31. The molecule has 3 N–H and O–H groups in total. The van der Waals surface area contributed by atoms with Crippen molar-refractivity contribution in [3.05, 3.63) is 42.3 Å². The molecule has 0 bridgehead atoms. The Kier molecular flexibility index (Phi) is 15.9. The zero-order chi connectivity index (χ0) is 22.1. The Bertz CT molecular complexity index is 557. The maximum Gasteiger partial charge on any atom is 0.326 e. The number of rotatable bonds is 14. The van der Waals surface area contributed by atoms with Crippen LogP contribution in [-0.2, 0) is 16.0 Å². The van der Waals surface area contributed by atoms with Gasteiger partial charge in [-0.2, -0.15) is 0 Å². The van der Waals surface area contributed by atoms with Crippen LogP contribution in [0.5, 0.6) is 0 Å². The molecule has 0 aromatic heterocycles. The van der Waals surface area contributed by atoms with E-state index < -0.39 is 12.0 Å². The van der Waals surface area contributed by atoms with Crippen molar-refractivity contribution in [2.75, 3.05) is 44.1 Å². The van der Waals surface area contributed by atoms with Crippen LogP contribution in [0.15, 0.2) is 36.7 Å². The minimum Gasteiger partial charge on any atom is -0.483 e. The normalized spacial score (nSPS) is 11.1. The van der Waals surface area contributed by atoms with Crippen molar-refractivity contribution in [3.63, 3.8) is 0 Å². The molecule has 0 aliphatic carbocycles. The summed E-state index contributed by atoms with van der Waals surface area (Å²) in [5, 5.41) is 15.2. The van der Waals surface area contributed by atoms with E-state index in [0.717, 1.165) is 43.9 Å². The van der Waals surface area contributed by atoms with Gasteiger partial charge in [0.1, 0.15) is 6.04 Å². The fourth-order valence-corrected chi connectivity index (χ4v) is 2.83. The molecule has 0 saturated carbocycles. The average Bonchev–Trinajstić information content (AvgIpc) is 2.72. The molecule has 0 radical (unpaired) electrons. The highest BCUT2D eigenvalue weighted by molar-refractivity contribution is 6.18. The lowest BCUT2D eigenvalue weighted by Gasteiger charge is -2.23. The van der Waals surface area contributed by atoms with E-state index in [2.05, 4.69) is 42.9 Å². The molecule has 6 nitrogen and oxygen atoms in total. The van der Waals surface area contributed by atoms with Gasteiger partial charge in [-0.1, -0.05) is 32.9 Å². The van der Waals surface area contributed by atoms with Gasteiger partial charge in [-0.3, -0.25) is 0 Å². The largest absolute Gasteiger partial charge is 0.483 e. The highest BCUT2D eigenvalue weighted by Crippen LogP contribution is 2.17. The molecular weight excluding hydrogens is 390 g/mol. The van der Waals surface area contributed by atoms with Crippen LogP contribution < -0.4 is 15.5 Å². The van der Waals surface area contributed by atoms with Gasteiger partial charge in [-0.15, -0.1) is 11.6 Å². The fourth-order valence-electron chi connectivity index (χ4n) is 2.63. The van der Waals surface area contributed by atoms with Gasteiger partial charge in [0.05, 0.1) is 7.11 Å². The molecule has 0 amide bonds. The van der Waals surface area contributed by atoms with E-state index in [-0.39, 0.29) is 5.88 Å². The third-order valence-electron chi connectivity index (χ3n) is 4.15. The van der Waals surface area contributed by atoms with Crippen molar-refractivity contribution < 1.29 is 14.6 Å². The Hall–Kier alpha value is -1.92. The molecule has 1 aromatic rings. The van der Waals surface area contributed by atoms with Gasteiger partial charge in [0.15, 0.2) is 5.88 Å². The first-order chi connectivity index (χ1) is 13.9. The van der Waals surface area contributed by atoms with Crippen LogP contribution in [-0.4, -0.2) is 56.3 Å². The van der Waals surface area contributed by atoms with Crippen LogP contribution in [0.2, 0.25) is 0 Å². The summed E-state index contributed by atoms with van der Waals surface area (Å²) in [4.78, 5) is 13.5. The number of ether oxygens (including phenoxy) is 1. The first-order valence-corrected chi connectivity index (χ1v) is 10.8. The topological polar surface area (TPSA) is 73.8 Å². The number of halogens is 1. The number of methoxy groups -OCH3 is 1. The van der Waals surface area contributed by atoms with E-state index in [4.69, 9.17) is 16.3 Å². The van der Waals surface area contributed by atoms with Gasteiger partial charge >= 0.3 is 5.97 Å². The number of anilines is 1. The lowest BCUT2D eigenvalue weighted by atomic mass is 10.1. The van der Waals surface area contributed by atoms with Crippen LogP contribution in [0.1, 0.15) is 39.2 Å². The van der Waals surface area contributed by atoms with Crippen molar-refractivity contribution in [2.45, 2.75) is 46.1 Å². The number of hydrogen-bond donors (Lipinski definition) is 3. The predicted octanol–water partition coefficient (Wildman–Crippen LogP) is 3.85. The maximum absolute atomic E-state index is 11.3. The Morgan fingerprint density at radius 3 is 2.28 bits per heavy atom. The van der Waals surface area contributed by atoms with E-state index in [9.17, 15) is 9.90 Å². The van der Waals surface area contributed by atoms with Gasteiger partial charge in [-0.25, -0.2) is 4.79 Å². The van der Waals surface area contributed by atoms with E-state index in [1.165, 1.54) is 13.5 Å². The SMILES string of the molecule is C=C(NC(Cc1ccc(N(CCC)CCCl)cc1)C(=O)O)OC.CCCNCC. The number of carboxylic acids is 1. The Balaban J connectivity index is 0.00000113. The molecule has 0 fully saturated rings. The molecule has 0 saturated heterocycles. The summed E-state index contributed by atoms with van der Waals surface area (Å²) >= 11 is 5.84.